The Kier molecular flexibility index (Phi) is 4.86. The Labute approximate surface area is 158 Å². The minimum Gasteiger partial charge on any atom is -0.490 e. The first-order valence-corrected chi connectivity index (χ1v) is 9.99. The third kappa shape index (κ3) is 3.75. The van der Waals surface area contributed by atoms with E-state index in [1.54, 1.807) is 30.9 Å². The molecule has 0 bridgehead atoms. The smallest absolute Gasteiger partial charge is 0.261 e. The van der Waals surface area contributed by atoms with Gasteiger partial charge in [0.25, 0.3) is 10.0 Å². The molecule has 0 saturated carbocycles. The first-order valence-electron chi connectivity index (χ1n) is 8.51. The van der Waals surface area contributed by atoms with Crippen LogP contribution >= 0.6 is 0 Å². The number of carbonyl (C=O) groups excluding carboxylic acids is 1. The van der Waals surface area contributed by atoms with Gasteiger partial charge in [0.2, 0.25) is 5.91 Å². The van der Waals surface area contributed by atoms with Gasteiger partial charge in [-0.1, -0.05) is 6.07 Å². The van der Waals surface area contributed by atoms with Crippen molar-refractivity contribution in [2.45, 2.75) is 25.7 Å². The molecule has 0 spiro atoms. The van der Waals surface area contributed by atoms with E-state index < -0.39 is 21.3 Å². The fourth-order valence-electron chi connectivity index (χ4n) is 2.87. The van der Waals surface area contributed by atoms with Crippen LogP contribution < -0.4 is 14.4 Å². The maximum Gasteiger partial charge on any atom is 0.261 e. The lowest BCUT2D eigenvalue weighted by Gasteiger charge is -2.26. The maximum atomic E-state index is 13.3. The van der Waals surface area contributed by atoms with E-state index in [0.29, 0.717) is 18.0 Å². The standard InChI is InChI=1S/C19H21FN2O4S/c1-4-22-16-9-8-14(11-17(16)26-12-19(2,3)18(22)23)21-27(24,25)15-7-5-6-13(20)10-15/h5-11,21H,4,12H2,1-3H3. The molecule has 0 aromatic heterocycles. The van der Waals surface area contributed by atoms with Crippen molar-refractivity contribution in [2.75, 3.05) is 22.8 Å². The predicted octanol–water partition coefficient (Wildman–Crippen LogP) is 3.40. The number of rotatable bonds is 4. The molecule has 0 atom stereocenters. The number of benzene rings is 2. The van der Waals surface area contributed by atoms with E-state index in [1.807, 2.05) is 6.92 Å². The largest absolute Gasteiger partial charge is 0.490 e. The number of anilines is 2. The SMILES string of the molecule is CCN1C(=O)C(C)(C)COc2cc(NS(=O)(=O)c3cccc(F)c3)ccc21. The maximum absolute atomic E-state index is 13.3. The molecule has 0 radical (unpaired) electrons. The van der Waals surface area contributed by atoms with Crippen molar-refractivity contribution in [1.82, 2.24) is 0 Å². The second kappa shape index (κ2) is 6.84. The number of hydrogen-bond acceptors (Lipinski definition) is 4. The lowest BCUT2D eigenvalue weighted by Crippen LogP contribution is -2.42. The van der Waals surface area contributed by atoms with Gasteiger partial charge in [0.15, 0.2) is 0 Å². The van der Waals surface area contributed by atoms with Crippen molar-refractivity contribution in [2.24, 2.45) is 5.41 Å². The monoisotopic (exact) mass is 392 g/mol. The molecule has 3 rings (SSSR count). The normalized spacial score (nSPS) is 16.3. The minimum absolute atomic E-state index is 0.0585. The van der Waals surface area contributed by atoms with Gasteiger partial charge in [-0.2, -0.15) is 0 Å². The van der Waals surface area contributed by atoms with Crippen molar-refractivity contribution in [3.8, 4) is 5.75 Å². The van der Waals surface area contributed by atoms with Gasteiger partial charge in [-0.25, -0.2) is 12.8 Å². The molecule has 8 heteroatoms. The van der Waals surface area contributed by atoms with Crippen molar-refractivity contribution in [3.63, 3.8) is 0 Å². The van der Waals surface area contributed by atoms with Crippen LogP contribution in [0.4, 0.5) is 15.8 Å². The molecule has 0 fully saturated rings. The van der Waals surface area contributed by atoms with Gasteiger partial charge in [0, 0.05) is 12.6 Å². The van der Waals surface area contributed by atoms with Crippen LogP contribution in [-0.2, 0) is 14.8 Å². The zero-order chi connectivity index (χ0) is 19.8. The number of nitrogens with zero attached hydrogens (tertiary/aromatic N) is 1. The van der Waals surface area contributed by atoms with Crippen LogP contribution in [0.2, 0.25) is 0 Å². The number of hydrogen-bond donors (Lipinski definition) is 1. The van der Waals surface area contributed by atoms with E-state index in [2.05, 4.69) is 4.72 Å². The number of sulfonamides is 1. The number of halogens is 1. The van der Waals surface area contributed by atoms with E-state index in [1.165, 1.54) is 24.3 Å². The molecule has 27 heavy (non-hydrogen) atoms. The van der Waals surface area contributed by atoms with E-state index in [4.69, 9.17) is 4.74 Å². The summed E-state index contributed by atoms with van der Waals surface area (Å²) in [5, 5.41) is 0. The molecule has 2 aromatic rings. The fraction of sp³-hybridized carbons (Fsp3) is 0.316. The molecule has 1 aliphatic rings. The fourth-order valence-corrected chi connectivity index (χ4v) is 3.95. The van der Waals surface area contributed by atoms with Crippen molar-refractivity contribution < 1.29 is 22.3 Å². The van der Waals surface area contributed by atoms with E-state index in [0.717, 1.165) is 6.07 Å². The van der Waals surface area contributed by atoms with E-state index in [-0.39, 0.29) is 23.1 Å². The molecule has 1 aliphatic heterocycles. The summed E-state index contributed by atoms with van der Waals surface area (Å²) < 4.78 is 46.5. The van der Waals surface area contributed by atoms with Gasteiger partial charge in [-0.05, 0) is 51.1 Å². The summed E-state index contributed by atoms with van der Waals surface area (Å²) in [6.07, 6.45) is 0. The Morgan fingerprint density at radius 3 is 2.63 bits per heavy atom. The Hall–Kier alpha value is -2.61. The average molecular weight is 392 g/mol. The molecule has 1 heterocycles. The van der Waals surface area contributed by atoms with Crippen molar-refractivity contribution in [1.29, 1.82) is 0 Å². The van der Waals surface area contributed by atoms with Gasteiger partial charge in [0.1, 0.15) is 18.2 Å². The second-order valence-electron chi connectivity index (χ2n) is 6.97. The van der Waals surface area contributed by atoms with Crippen LogP contribution in [0.1, 0.15) is 20.8 Å². The Morgan fingerprint density at radius 1 is 1.22 bits per heavy atom. The third-order valence-electron chi connectivity index (χ3n) is 4.34. The topological polar surface area (TPSA) is 75.7 Å². The summed E-state index contributed by atoms with van der Waals surface area (Å²) in [6.45, 7) is 6.11. The second-order valence-corrected chi connectivity index (χ2v) is 8.65. The summed E-state index contributed by atoms with van der Waals surface area (Å²) in [4.78, 5) is 14.1. The lowest BCUT2D eigenvalue weighted by molar-refractivity contribution is -0.127. The number of nitrogens with one attached hydrogen (secondary N) is 1. The molecule has 1 N–H and O–H groups in total. The van der Waals surface area contributed by atoms with Crippen LogP contribution in [0.15, 0.2) is 47.4 Å². The number of fused-ring (bicyclic) bond motifs is 1. The van der Waals surface area contributed by atoms with E-state index in [9.17, 15) is 17.6 Å². The zero-order valence-electron chi connectivity index (χ0n) is 15.3. The highest BCUT2D eigenvalue weighted by Crippen LogP contribution is 2.38. The summed E-state index contributed by atoms with van der Waals surface area (Å²) in [7, 11) is -3.95. The Bertz CT molecular complexity index is 989. The summed E-state index contributed by atoms with van der Waals surface area (Å²) in [5.41, 5.74) is 0.152. The van der Waals surface area contributed by atoms with Crippen LogP contribution in [0.3, 0.4) is 0 Å². The first kappa shape index (κ1) is 19.2. The molecular weight excluding hydrogens is 371 g/mol. The predicted molar refractivity (Wildman–Crippen MR) is 101 cm³/mol. The third-order valence-corrected chi connectivity index (χ3v) is 5.72. The van der Waals surface area contributed by atoms with Crippen LogP contribution in [0, 0.1) is 11.2 Å². The molecular formula is C19H21FN2O4S. The number of ether oxygens (including phenoxy) is 1. The van der Waals surface area contributed by atoms with Crippen molar-refractivity contribution >= 4 is 27.3 Å². The van der Waals surface area contributed by atoms with Gasteiger partial charge in [-0.3, -0.25) is 9.52 Å². The highest BCUT2D eigenvalue weighted by atomic mass is 32.2. The average Bonchev–Trinajstić information content (AvgIpc) is 2.70. The van der Waals surface area contributed by atoms with Gasteiger partial charge in [0.05, 0.1) is 21.7 Å². The van der Waals surface area contributed by atoms with Crippen LogP contribution in [0.5, 0.6) is 5.75 Å². The molecule has 1 amide bonds. The molecule has 0 unspecified atom stereocenters. The quantitative estimate of drug-likeness (QED) is 0.865. The van der Waals surface area contributed by atoms with E-state index >= 15 is 0 Å². The van der Waals surface area contributed by atoms with Crippen LogP contribution in [-0.4, -0.2) is 27.5 Å². The molecule has 0 aliphatic carbocycles. The summed E-state index contributed by atoms with van der Waals surface area (Å²) >= 11 is 0. The Balaban J connectivity index is 1.95. The number of amides is 1. The molecule has 2 aromatic carbocycles. The molecule has 144 valence electrons. The highest BCUT2D eigenvalue weighted by molar-refractivity contribution is 7.92. The van der Waals surface area contributed by atoms with Crippen LogP contribution in [0.25, 0.3) is 0 Å². The molecule has 0 saturated heterocycles. The highest BCUT2D eigenvalue weighted by Gasteiger charge is 2.37. The van der Waals surface area contributed by atoms with Crippen molar-refractivity contribution in [3.05, 3.63) is 48.3 Å². The summed E-state index contributed by atoms with van der Waals surface area (Å²) in [5.74, 6) is -0.283. The lowest BCUT2D eigenvalue weighted by atomic mass is 9.93. The molecule has 6 nitrogen and oxygen atoms in total. The zero-order valence-corrected chi connectivity index (χ0v) is 16.1. The first-order chi connectivity index (χ1) is 12.6. The summed E-state index contributed by atoms with van der Waals surface area (Å²) in [6, 6.07) is 9.48. The number of carbonyl (C=O) groups is 1. The minimum atomic E-state index is -3.95. The van der Waals surface area contributed by atoms with Gasteiger partial charge >= 0.3 is 0 Å². The Morgan fingerprint density at radius 2 is 1.96 bits per heavy atom. The van der Waals surface area contributed by atoms with Gasteiger partial charge in [-0.15, -0.1) is 0 Å². The van der Waals surface area contributed by atoms with Gasteiger partial charge < -0.3 is 9.64 Å².